The van der Waals surface area contributed by atoms with Crippen molar-refractivity contribution < 1.29 is 4.39 Å². The third-order valence-electron chi connectivity index (χ3n) is 3.45. The number of nitrogens with zero attached hydrogens (tertiary/aromatic N) is 3. The molecule has 0 atom stereocenters. The fourth-order valence-electron chi connectivity index (χ4n) is 2.49. The number of nitriles is 1. The number of aromatic nitrogens is 2. The third kappa shape index (κ3) is 2.63. The van der Waals surface area contributed by atoms with Gasteiger partial charge in [0.1, 0.15) is 11.6 Å². The van der Waals surface area contributed by atoms with Gasteiger partial charge in [-0.1, -0.05) is 18.2 Å². The predicted octanol–water partition coefficient (Wildman–Crippen LogP) is 3.60. The molecule has 0 aliphatic carbocycles. The van der Waals surface area contributed by atoms with Crippen molar-refractivity contribution in [1.29, 1.82) is 5.26 Å². The molecule has 0 saturated heterocycles. The van der Waals surface area contributed by atoms with Gasteiger partial charge in [-0.2, -0.15) is 5.26 Å². The van der Waals surface area contributed by atoms with Gasteiger partial charge in [0.05, 0.1) is 23.5 Å². The lowest BCUT2D eigenvalue weighted by Crippen LogP contribution is -2.05. The van der Waals surface area contributed by atoms with Gasteiger partial charge >= 0.3 is 0 Å². The molecular formula is C17H14FN3. The lowest BCUT2D eigenvalue weighted by molar-refractivity contribution is 0.623. The average Bonchev–Trinajstić information content (AvgIpc) is 2.76. The quantitative estimate of drug-likeness (QED) is 0.735. The Morgan fingerprint density at radius 1 is 1.24 bits per heavy atom. The zero-order chi connectivity index (χ0) is 14.8. The number of benzene rings is 2. The minimum Gasteiger partial charge on any atom is -0.323 e. The Bertz CT molecular complexity index is 843. The zero-order valence-corrected chi connectivity index (χ0v) is 11.7. The summed E-state index contributed by atoms with van der Waals surface area (Å²) in [7, 11) is 0. The van der Waals surface area contributed by atoms with Gasteiger partial charge in [0.2, 0.25) is 0 Å². The van der Waals surface area contributed by atoms with Crippen molar-refractivity contribution in [3.8, 4) is 6.07 Å². The second-order valence-electron chi connectivity index (χ2n) is 5.07. The van der Waals surface area contributed by atoms with E-state index >= 15 is 0 Å². The van der Waals surface area contributed by atoms with Crippen LogP contribution in [0.3, 0.4) is 0 Å². The maximum atomic E-state index is 13.3. The van der Waals surface area contributed by atoms with Crippen LogP contribution in [0.5, 0.6) is 0 Å². The number of fused-ring (bicyclic) bond motifs is 1. The molecule has 0 unspecified atom stereocenters. The SMILES string of the molecule is Cc1ccc2c(c1)nc(CC#N)n2Cc1cccc(F)c1. The molecule has 3 nitrogen and oxygen atoms in total. The number of hydrogen-bond acceptors (Lipinski definition) is 2. The van der Waals surface area contributed by atoms with Gasteiger partial charge in [0.25, 0.3) is 0 Å². The molecule has 1 heterocycles. The van der Waals surface area contributed by atoms with E-state index in [-0.39, 0.29) is 12.2 Å². The summed E-state index contributed by atoms with van der Waals surface area (Å²) in [5.41, 5.74) is 3.82. The number of imidazole rings is 1. The molecule has 0 aliphatic rings. The fourth-order valence-corrected chi connectivity index (χ4v) is 2.49. The lowest BCUT2D eigenvalue weighted by Gasteiger charge is -2.08. The Morgan fingerprint density at radius 2 is 2.10 bits per heavy atom. The van der Waals surface area contributed by atoms with Crippen molar-refractivity contribution >= 4 is 11.0 Å². The van der Waals surface area contributed by atoms with Crippen LogP contribution in [0.15, 0.2) is 42.5 Å². The Balaban J connectivity index is 2.11. The Morgan fingerprint density at radius 3 is 2.86 bits per heavy atom. The smallest absolute Gasteiger partial charge is 0.124 e. The van der Waals surface area contributed by atoms with Crippen LogP contribution < -0.4 is 0 Å². The van der Waals surface area contributed by atoms with Crippen molar-refractivity contribution in [3.63, 3.8) is 0 Å². The molecule has 0 fully saturated rings. The van der Waals surface area contributed by atoms with E-state index in [4.69, 9.17) is 5.26 Å². The minimum absolute atomic E-state index is 0.239. The van der Waals surface area contributed by atoms with Gasteiger partial charge in [0, 0.05) is 6.54 Å². The molecule has 1 aromatic heterocycles. The van der Waals surface area contributed by atoms with Crippen LogP contribution in [-0.2, 0) is 13.0 Å². The standard InChI is InChI=1S/C17H14FN3/c1-12-5-6-16-15(9-12)20-17(7-8-19)21(16)11-13-3-2-4-14(18)10-13/h2-6,9-10H,7,11H2,1H3. The van der Waals surface area contributed by atoms with Crippen LogP contribution >= 0.6 is 0 Å². The highest BCUT2D eigenvalue weighted by Crippen LogP contribution is 2.20. The topological polar surface area (TPSA) is 41.6 Å². The van der Waals surface area contributed by atoms with E-state index in [0.29, 0.717) is 12.4 Å². The van der Waals surface area contributed by atoms with Gasteiger partial charge in [-0.15, -0.1) is 0 Å². The van der Waals surface area contributed by atoms with Crippen molar-refractivity contribution in [2.45, 2.75) is 19.9 Å². The monoisotopic (exact) mass is 279 g/mol. The number of hydrogen-bond donors (Lipinski definition) is 0. The van der Waals surface area contributed by atoms with Gasteiger partial charge in [-0.3, -0.25) is 0 Å². The Labute approximate surface area is 122 Å². The summed E-state index contributed by atoms with van der Waals surface area (Å²) in [6, 6.07) is 14.7. The minimum atomic E-state index is -0.255. The van der Waals surface area contributed by atoms with Gasteiger partial charge in [0.15, 0.2) is 0 Å². The number of halogens is 1. The van der Waals surface area contributed by atoms with Gasteiger partial charge in [-0.05, 0) is 42.3 Å². The molecule has 3 rings (SSSR count). The summed E-state index contributed by atoms with van der Waals surface area (Å²) in [6.45, 7) is 2.52. The number of rotatable bonds is 3. The van der Waals surface area contributed by atoms with Crippen LogP contribution in [0, 0.1) is 24.1 Å². The Hall–Kier alpha value is -2.67. The first-order valence-electron chi connectivity index (χ1n) is 6.74. The third-order valence-corrected chi connectivity index (χ3v) is 3.45. The van der Waals surface area contributed by atoms with Crippen LogP contribution in [0.2, 0.25) is 0 Å². The highest BCUT2D eigenvalue weighted by atomic mass is 19.1. The summed E-state index contributed by atoms with van der Waals surface area (Å²) < 4.78 is 15.3. The average molecular weight is 279 g/mol. The molecule has 104 valence electrons. The Kier molecular flexibility index (Phi) is 3.41. The van der Waals surface area contributed by atoms with Crippen LogP contribution in [0.25, 0.3) is 11.0 Å². The maximum absolute atomic E-state index is 13.3. The van der Waals surface area contributed by atoms with Crippen LogP contribution in [-0.4, -0.2) is 9.55 Å². The van der Waals surface area contributed by atoms with Crippen LogP contribution in [0.1, 0.15) is 17.0 Å². The van der Waals surface area contributed by atoms with Crippen molar-refractivity contribution in [3.05, 3.63) is 65.2 Å². The van der Waals surface area contributed by atoms with Crippen molar-refractivity contribution in [2.24, 2.45) is 0 Å². The first-order valence-corrected chi connectivity index (χ1v) is 6.74. The van der Waals surface area contributed by atoms with E-state index in [1.54, 1.807) is 6.07 Å². The molecular weight excluding hydrogens is 265 g/mol. The van der Waals surface area contributed by atoms with Gasteiger partial charge < -0.3 is 4.57 Å². The van der Waals surface area contributed by atoms with Crippen molar-refractivity contribution in [2.75, 3.05) is 0 Å². The van der Waals surface area contributed by atoms with E-state index in [1.165, 1.54) is 12.1 Å². The first-order chi connectivity index (χ1) is 10.2. The predicted molar refractivity (Wildman–Crippen MR) is 79.3 cm³/mol. The first kappa shape index (κ1) is 13.3. The number of aryl methyl sites for hydroxylation is 1. The summed E-state index contributed by atoms with van der Waals surface area (Å²) in [6.07, 6.45) is 0.239. The summed E-state index contributed by atoms with van der Waals surface area (Å²) in [4.78, 5) is 4.53. The largest absolute Gasteiger partial charge is 0.323 e. The van der Waals surface area contributed by atoms with E-state index in [2.05, 4.69) is 11.1 Å². The summed E-state index contributed by atoms with van der Waals surface area (Å²) in [5, 5.41) is 8.97. The molecule has 0 amide bonds. The van der Waals surface area contributed by atoms with Crippen molar-refractivity contribution in [1.82, 2.24) is 9.55 Å². The molecule has 21 heavy (non-hydrogen) atoms. The second kappa shape index (κ2) is 5.37. The fraction of sp³-hybridized carbons (Fsp3) is 0.176. The molecule has 3 aromatic rings. The van der Waals surface area contributed by atoms with E-state index in [9.17, 15) is 4.39 Å². The lowest BCUT2D eigenvalue weighted by atomic mass is 10.2. The normalized spacial score (nSPS) is 10.7. The highest BCUT2D eigenvalue weighted by Gasteiger charge is 2.11. The molecule has 0 N–H and O–H groups in total. The summed E-state index contributed by atoms with van der Waals surface area (Å²) in [5.74, 6) is 0.456. The molecule has 2 aromatic carbocycles. The maximum Gasteiger partial charge on any atom is 0.124 e. The second-order valence-corrected chi connectivity index (χ2v) is 5.07. The van der Waals surface area contributed by atoms with E-state index in [1.807, 2.05) is 35.8 Å². The molecule has 0 radical (unpaired) electrons. The molecule has 0 bridgehead atoms. The highest BCUT2D eigenvalue weighted by molar-refractivity contribution is 5.77. The van der Waals surface area contributed by atoms with E-state index < -0.39 is 0 Å². The molecule has 0 aliphatic heterocycles. The molecule has 0 saturated carbocycles. The molecule has 0 spiro atoms. The van der Waals surface area contributed by atoms with E-state index in [0.717, 1.165) is 22.2 Å². The summed E-state index contributed by atoms with van der Waals surface area (Å²) >= 11 is 0. The van der Waals surface area contributed by atoms with Crippen LogP contribution in [0.4, 0.5) is 4.39 Å². The molecule has 4 heteroatoms. The zero-order valence-electron chi connectivity index (χ0n) is 11.7. The van der Waals surface area contributed by atoms with Gasteiger partial charge in [-0.25, -0.2) is 9.37 Å².